The van der Waals surface area contributed by atoms with Crippen LogP contribution in [0.25, 0.3) is 0 Å². The van der Waals surface area contributed by atoms with Crippen molar-refractivity contribution in [2.24, 2.45) is 0 Å². The van der Waals surface area contributed by atoms with Crippen LogP contribution >= 0.6 is 0 Å². The fourth-order valence-electron chi connectivity index (χ4n) is 2.20. The minimum Gasteiger partial charge on any atom is -0.337 e. The molecule has 2 rings (SSSR count). The summed E-state index contributed by atoms with van der Waals surface area (Å²) < 4.78 is 0. The van der Waals surface area contributed by atoms with Crippen molar-refractivity contribution in [3.8, 4) is 0 Å². The van der Waals surface area contributed by atoms with E-state index in [1.54, 1.807) is 6.07 Å². The highest BCUT2D eigenvalue weighted by atomic mass is 16.2. The number of amides is 1. The van der Waals surface area contributed by atoms with Crippen molar-refractivity contribution in [2.75, 3.05) is 20.1 Å². The second kappa shape index (κ2) is 5.27. The third kappa shape index (κ3) is 2.82. The van der Waals surface area contributed by atoms with E-state index in [9.17, 15) is 4.79 Å². The fraction of sp³-hybridized carbons (Fsp3) is 0.538. The van der Waals surface area contributed by atoms with Crippen LogP contribution in [-0.4, -0.2) is 42.0 Å². The van der Waals surface area contributed by atoms with E-state index in [-0.39, 0.29) is 5.91 Å². The Morgan fingerprint density at radius 2 is 2.12 bits per heavy atom. The molecule has 0 unspecified atom stereocenters. The Bertz CT molecular complexity index is 397. The molecule has 0 atom stereocenters. The minimum absolute atomic E-state index is 0.0586. The van der Waals surface area contributed by atoms with Crippen LogP contribution in [0, 0.1) is 6.92 Å². The minimum atomic E-state index is 0.0586. The first-order valence-corrected chi connectivity index (χ1v) is 6.11. The number of aromatic nitrogens is 1. The molecule has 17 heavy (non-hydrogen) atoms. The van der Waals surface area contributed by atoms with Gasteiger partial charge in [-0.3, -0.25) is 4.79 Å². The standard InChI is InChI=1S/C13H19N3O/c1-10-4-3-5-12(15-10)13(17)16-8-6-11(14-2)7-9-16/h3-5,11,14H,6-9H2,1-2H3. The summed E-state index contributed by atoms with van der Waals surface area (Å²) in [5, 5.41) is 3.26. The summed E-state index contributed by atoms with van der Waals surface area (Å²) in [6.07, 6.45) is 2.04. The van der Waals surface area contributed by atoms with E-state index in [4.69, 9.17) is 0 Å². The lowest BCUT2D eigenvalue weighted by Crippen LogP contribution is -2.44. The van der Waals surface area contributed by atoms with Crippen LogP contribution in [0.2, 0.25) is 0 Å². The second-order valence-corrected chi connectivity index (χ2v) is 4.52. The normalized spacial score (nSPS) is 17.2. The largest absolute Gasteiger partial charge is 0.337 e. The highest BCUT2D eigenvalue weighted by Gasteiger charge is 2.23. The first-order valence-electron chi connectivity index (χ1n) is 6.11. The number of likely N-dealkylation sites (tertiary alicyclic amines) is 1. The number of hydrogen-bond donors (Lipinski definition) is 1. The van der Waals surface area contributed by atoms with Crippen molar-refractivity contribution in [3.63, 3.8) is 0 Å². The van der Waals surface area contributed by atoms with Crippen LogP contribution in [-0.2, 0) is 0 Å². The van der Waals surface area contributed by atoms with Crippen LogP contribution in [0.1, 0.15) is 29.0 Å². The lowest BCUT2D eigenvalue weighted by molar-refractivity contribution is 0.0701. The Kier molecular flexibility index (Phi) is 3.74. The quantitative estimate of drug-likeness (QED) is 0.835. The molecule has 1 aliphatic rings. The van der Waals surface area contributed by atoms with Crippen LogP contribution in [0.5, 0.6) is 0 Å². The van der Waals surface area contributed by atoms with Crippen molar-refractivity contribution < 1.29 is 4.79 Å². The summed E-state index contributed by atoms with van der Waals surface area (Å²) in [6, 6.07) is 6.13. The maximum atomic E-state index is 12.2. The Balaban J connectivity index is 2.02. The van der Waals surface area contributed by atoms with Gasteiger partial charge in [0, 0.05) is 24.8 Å². The molecule has 0 radical (unpaired) electrons. The average Bonchev–Trinajstić information content (AvgIpc) is 2.38. The van der Waals surface area contributed by atoms with Gasteiger partial charge in [0.25, 0.3) is 5.91 Å². The Labute approximate surface area is 102 Å². The van der Waals surface area contributed by atoms with Gasteiger partial charge in [-0.15, -0.1) is 0 Å². The zero-order chi connectivity index (χ0) is 12.3. The van der Waals surface area contributed by atoms with Gasteiger partial charge in [-0.25, -0.2) is 4.98 Å². The van der Waals surface area contributed by atoms with Gasteiger partial charge in [-0.2, -0.15) is 0 Å². The highest BCUT2D eigenvalue weighted by Crippen LogP contribution is 2.13. The van der Waals surface area contributed by atoms with E-state index in [0.29, 0.717) is 11.7 Å². The monoisotopic (exact) mass is 233 g/mol. The van der Waals surface area contributed by atoms with Crippen molar-refractivity contribution in [3.05, 3.63) is 29.6 Å². The first kappa shape index (κ1) is 12.0. The molecule has 1 aromatic rings. The fourth-order valence-corrected chi connectivity index (χ4v) is 2.20. The zero-order valence-corrected chi connectivity index (χ0v) is 10.4. The molecular weight excluding hydrogens is 214 g/mol. The molecule has 1 N–H and O–H groups in total. The van der Waals surface area contributed by atoms with Crippen molar-refractivity contribution in [2.45, 2.75) is 25.8 Å². The van der Waals surface area contributed by atoms with Gasteiger partial charge in [-0.1, -0.05) is 6.07 Å². The number of carbonyl (C=O) groups excluding carboxylic acids is 1. The molecule has 1 aliphatic heterocycles. The van der Waals surface area contributed by atoms with Gasteiger partial charge < -0.3 is 10.2 Å². The summed E-state index contributed by atoms with van der Waals surface area (Å²) in [7, 11) is 1.98. The number of piperidine rings is 1. The number of nitrogens with zero attached hydrogens (tertiary/aromatic N) is 2. The van der Waals surface area contributed by atoms with E-state index >= 15 is 0 Å². The molecule has 0 aliphatic carbocycles. The van der Waals surface area contributed by atoms with Gasteiger partial charge in [0.15, 0.2) is 0 Å². The second-order valence-electron chi connectivity index (χ2n) is 4.52. The predicted octanol–water partition coefficient (Wildman–Crippen LogP) is 1.21. The molecule has 1 saturated heterocycles. The molecule has 1 amide bonds. The topological polar surface area (TPSA) is 45.2 Å². The van der Waals surface area contributed by atoms with Gasteiger partial charge in [0.1, 0.15) is 5.69 Å². The number of hydrogen-bond acceptors (Lipinski definition) is 3. The van der Waals surface area contributed by atoms with E-state index < -0.39 is 0 Å². The van der Waals surface area contributed by atoms with E-state index in [1.807, 2.05) is 31.0 Å². The summed E-state index contributed by atoms with van der Waals surface area (Å²) in [5.41, 5.74) is 1.45. The van der Waals surface area contributed by atoms with Crippen molar-refractivity contribution in [1.29, 1.82) is 0 Å². The number of nitrogens with one attached hydrogen (secondary N) is 1. The number of aryl methyl sites for hydroxylation is 1. The Morgan fingerprint density at radius 3 is 2.71 bits per heavy atom. The van der Waals surface area contributed by atoms with Gasteiger partial charge in [-0.05, 0) is 38.9 Å². The zero-order valence-electron chi connectivity index (χ0n) is 10.4. The molecule has 0 spiro atoms. The number of carbonyl (C=O) groups is 1. The van der Waals surface area contributed by atoms with Gasteiger partial charge in [0.2, 0.25) is 0 Å². The molecule has 0 aromatic carbocycles. The number of rotatable bonds is 2. The maximum Gasteiger partial charge on any atom is 0.272 e. The molecule has 1 aromatic heterocycles. The smallest absolute Gasteiger partial charge is 0.272 e. The van der Waals surface area contributed by atoms with Crippen LogP contribution in [0.3, 0.4) is 0 Å². The Morgan fingerprint density at radius 1 is 1.41 bits per heavy atom. The highest BCUT2D eigenvalue weighted by molar-refractivity contribution is 5.92. The third-order valence-corrected chi connectivity index (χ3v) is 3.30. The molecule has 92 valence electrons. The molecular formula is C13H19N3O. The molecule has 0 bridgehead atoms. The lowest BCUT2D eigenvalue weighted by atomic mass is 10.1. The first-order chi connectivity index (χ1) is 8.20. The summed E-state index contributed by atoms with van der Waals surface area (Å²) in [6.45, 7) is 3.55. The molecule has 4 nitrogen and oxygen atoms in total. The lowest BCUT2D eigenvalue weighted by Gasteiger charge is -2.31. The predicted molar refractivity (Wildman–Crippen MR) is 67.0 cm³/mol. The summed E-state index contributed by atoms with van der Waals surface area (Å²) >= 11 is 0. The van der Waals surface area contributed by atoms with E-state index in [2.05, 4.69) is 10.3 Å². The van der Waals surface area contributed by atoms with Crippen molar-refractivity contribution in [1.82, 2.24) is 15.2 Å². The molecule has 0 saturated carbocycles. The van der Waals surface area contributed by atoms with E-state index in [1.165, 1.54) is 0 Å². The molecule has 2 heterocycles. The van der Waals surface area contributed by atoms with Gasteiger partial charge in [0.05, 0.1) is 0 Å². The van der Waals surface area contributed by atoms with Crippen LogP contribution in [0.4, 0.5) is 0 Å². The molecule has 4 heteroatoms. The number of pyridine rings is 1. The SMILES string of the molecule is CNC1CCN(C(=O)c2cccc(C)n2)CC1. The maximum absolute atomic E-state index is 12.2. The summed E-state index contributed by atoms with van der Waals surface area (Å²) in [4.78, 5) is 18.4. The average molecular weight is 233 g/mol. The van der Waals surface area contributed by atoms with Crippen LogP contribution in [0.15, 0.2) is 18.2 Å². The third-order valence-electron chi connectivity index (χ3n) is 3.30. The van der Waals surface area contributed by atoms with Gasteiger partial charge >= 0.3 is 0 Å². The molecule has 1 fully saturated rings. The van der Waals surface area contributed by atoms with Crippen molar-refractivity contribution >= 4 is 5.91 Å². The van der Waals surface area contributed by atoms with Crippen LogP contribution < -0.4 is 5.32 Å². The summed E-state index contributed by atoms with van der Waals surface area (Å²) in [5.74, 6) is 0.0586. The Hall–Kier alpha value is -1.42. The van der Waals surface area contributed by atoms with E-state index in [0.717, 1.165) is 31.6 Å².